The highest BCUT2D eigenvalue weighted by Crippen LogP contribution is 2.23. The van der Waals surface area contributed by atoms with E-state index in [1.807, 2.05) is 28.9 Å². The van der Waals surface area contributed by atoms with E-state index < -0.39 is 12.1 Å². The van der Waals surface area contributed by atoms with Gasteiger partial charge in [0, 0.05) is 50.4 Å². The van der Waals surface area contributed by atoms with Crippen LogP contribution in [0.4, 0.5) is 0 Å². The van der Waals surface area contributed by atoms with Crippen molar-refractivity contribution in [3.63, 3.8) is 0 Å². The number of fused-ring (bicyclic) bond motifs is 1. The SMILES string of the molecule is O=C(O)CCCC(=O)N1C[C@H](Cc2ccc3nccn3c2)[C@H](O)C1. The summed E-state index contributed by atoms with van der Waals surface area (Å²) in [5, 5.41) is 18.9. The van der Waals surface area contributed by atoms with Crippen LogP contribution in [0, 0.1) is 5.92 Å². The number of carboxylic acid groups (broad SMARTS) is 1. The van der Waals surface area contributed by atoms with Crippen molar-refractivity contribution in [2.75, 3.05) is 13.1 Å². The minimum atomic E-state index is -0.892. The predicted octanol–water partition coefficient (Wildman–Crippen LogP) is 0.951. The van der Waals surface area contributed by atoms with Gasteiger partial charge >= 0.3 is 5.97 Å². The molecule has 7 nitrogen and oxygen atoms in total. The van der Waals surface area contributed by atoms with Crippen molar-refractivity contribution in [2.24, 2.45) is 5.92 Å². The van der Waals surface area contributed by atoms with Crippen molar-refractivity contribution in [1.29, 1.82) is 0 Å². The molecule has 0 aromatic carbocycles. The Balaban J connectivity index is 1.57. The second-order valence-corrected chi connectivity index (χ2v) is 6.31. The predicted molar refractivity (Wildman–Crippen MR) is 86.5 cm³/mol. The third-order valence-electron chi connectivity index (χ3n) is 4.49. The van der Waals surface area contributed by atoms with Crippen molar-refractivity contribution < 1.29 is 19.8 Å². The highest BCUT2D eigenvalue weighted by molar-refractivity contribution is 5.77. The summed E-state index contributed by atoms with van der Waals surface area (Å²) in [6.07, 6.45) is 6.29. The van der Waals surface area contributed by atoms with Gasteiger partial charge in [-0.2, -0.15) is 0 Å². The van der Waals surface area contributed by atoms with E-state index in [1.54, 1.807) is 11.1 Å². The Morgan fingerprint density at radius 3 is 2.88 bits per heavy atom. The van der Waals surface area contributed by atoms with Crippen molar-refractivity contribution >= 4 is 17.5 Å². The molecule has 3 heterocycles. The van der Waals surface area contributed by atoms with Gasteiger partial charge in [-0.3, -0.25) is 9.59 Å². The Morgan fingerprint density at radius 1 is 1.25 bits per heavy atom. The number of amides is 1. The lowest BCUT2D eigenvalue weighted by atomic mass is 9.98. The van der Waals surface area contributed by atoms with Gasteiger partial charge in [0.05, 0.1) is 6.10 Å². The fourth-order valence-electron chi connectivity index (χ4n) is 3.20. The van der Waals surface area contributed by atoms with E-state index >= 15 is 0 Å². The Labute approximate surface area is 139 Å². The van der Waals surface area contributed by atoms with Crippen LogP contribution in [0.1, 0.15) is 24.8 Å². The Kier molecular flexibility index (Phi) is 4.80. The first-order valence-electron chi connectivity index (χ1n) is 8.12. The lowest BCUT2D eigenvalue weighted by molar-refractivity contribution is -0.137. The Bertz CT molecular complexity index is 742. The second-order valence-electron chi connectivity index (χ2n) is 6.31. The maximum atomic E-state index is 12.1. The zero-order valence-electron chi connectivity index (χ0n) is 13.3. The van der Waals surface area contributed by atoms with Crippen LogP contribution in [0.5, 0.6) is 0 Å². The van der Waals surface area contributed by atoms with Crippen molar-refractivity contribution in [1.82, 2.24) is 14.3 Å². The molecule has 0 spiro atoms. The van der Waals surface area contributed by atoms with Crippen LogP contribution in [0.2, 0.25) is 0 Å². The molecule has 1 aliphatic heterocycles. The Hall–Kier alpha value is -2.41. The number of imidazole rings is 1. The lowest BCUT2D eigenvalue weighted by Gasteiger charge is -2.16. The van der Waals surface area contributed by atoms with Gasteiger partial charge in [-0.1, -0.05) is 6.07 Å². The number of β-amino-alcohol motifs (C(OH)–C–C–N with tert-alkyl or cyclic N) is 1. The van der Waals surface area contributed by atoms with Crippen LogP contribution in [-0.4, -0.2) is 55.6 Å². The molecule has 0 radical (unpaired) electrons. The molecule has 2 aromatic rings. The molecule has 1 amide bonds. The normalized spacial score (nSPS) is 20.6. The molecule has 1 fully saturated rings. The number of likely N-dealkylation sites (tertiary alicyclic amines) is 1. The van der Waals surface area contributed by atoms with E-state index in [-0.39, 0.29) is 24.7 Å². The van der Waals surface area contributed by atoms with Crippen LogP contribution in [0.25, 0.3) is 5.65 Å². The van der Waals surface area contributed by atoms with Crippen LogP contribution in [0.3, 0.4) is 0 Å². The van der Waals surface area contributed by atoms with Gasteiger partial charge in [-0.25, -0.2) is 4.98 Å². The number of rotatable bonds is 6. The van der Waals surface area contributed by atoms with Crippen LogP contribution < -0.4 is 0 Å². The molecular formula is C17H21N3O4. The number of nitrogens with zero attached hydrogens (tertiary/aromatic N) is 3. The molecule has 0 unspecified atom stereocenters. The molecule has 128 valence electrons. The average molecular weight is 331 g/mol. The van der Waals surface area contributed by atoms with Gasteiger partial charge in [0.15, 0.2) is 0 Å². The molecule has 2 aromatic heterocycles. The first-order chi connectivity index (χ1) is 11.5. The summed E-state index contributed by atoms with van der Waals surface area (Å²) >= 11 is 0. The Morgan fingerprint density at radius 2 is 2.08 bits per heavy atom. The number of aromatic nitrogens is 2. The summed E-state index contributed by atoms with van der Waals surface area (Å²) in [5.41, 5.74) is 1.96. The van der Waals surface area contributed by atoms with Crippen LogP contribution in [-0.2, 0) is 16.0 Å². The molecule has 24 heavy (non-hydrogen) atoms. The zero-order chi connectivity index (χ0) is 17.1. The van der Waals surface area contributed by atoms with E-state index in [0.717, 1.165) is 11.2 Å². The number of hydrogen-bond donors (Lipinski definition) is 2. The van der Waals surface area contributed by atoms with E-state index in [4.69, 9.17) is 5.11 Å². The molecule has 2 N–H and O–H groups in total. The molecule has 0 bridgehead atoms. The molecule has 1 aliphatic rings. The highest BCUT2D eigenvalue weighted by atomic mass is 16.4. The molecule has 3 rings (SSSR count). The van der Waals surface area contributed by atoms with Crippen LogP contribution >= 0.6 is 0 Å². The standard InChI is InChI=1S/C17H21N3O4/c21-14-11-20(16(22)2-1-3-17(23)24)10-13(14)8-12-4-5-15-18-6-7-19(15)9-12/h4-7,9,13-14,21H,1-3,8,10-11H2,(H,23,24)/t13-,14+/m0/s1. The van der Waals surface area contributed by atoms with Crippen molar-refractivity contribution in [2.45, 2.75) is 31.8 Å². The summed E-state index contributed by atoms with van der Waals surface area (Å²) in [7, 11) is 0. The number of pyridine rings is 1. The van der Waals surface area contributed by atoms with Gasteiger partial charge < -0.3 is 19.5 Å². The molecule has 2 atom stereocenters. The summed E-state index contributed by atoms with van der Waals surface area (Å²) < 4.78 is 1.94. The summed E-state index contributed by atoms with van der Waals surface area (Å²) in [4.78, 5) is 28.5. The number of carbonyl (C=O) groups excluding carboxylic acids is 1. The lowest BCUT2D eigenvalue weighted by Crippen LogP contribution is -2.29. The number of carboxylic acids is 1. The number of aliphatic hydroxyl groups is 1. The third-order valence-corrected chi connectivity index (χ3v) is 4.49. The van der Waals surface area contributed by atoms with Crippen molar-refractivity contribution in [3.8, 4) is 0 Å². The fourth-order valence-corrected chi connectivity index (χ4v) is 3.20. The van der Waals surface area contributed by atoms with E-state index in [1.165, 1.54) is 0 Å². The quantitative estimate of drug-likeness (QED) is 0.822. The first-order valence-corrected chi connectivity index (χ1v) is 8.12. The third kappa shape index (κ3) is 3.73. The fraction of sp³-hybridized carbons (Fsp3) is 0.471. The monoisotopic (exact) mass is 331 g/mol. The number of aliphatic carboxylic acids is 1. The summed E-state index contributed by atoms with van der Waals surface area (Å²) in [6.45, 7) is 0.832. The van der Waals surface area contributed by atoms with E-state index in [0.29, 0.717) is 25.9 Å². The van der Waals surface area contributed by atoms with Gasteiger partial charge in [-0.05, 0) is 24.5 Å². The minimum absolute atomic E-state index is 0.00349. The number of aliphatic hydroxyl groups excluding tert-OH is 1. The summed E-state index contributed by atoms with van der Waals surface area (Å²) in [6, 6.07) is 3.93. The molecule has 0 saturated carbocycles. The maximum absolute atomic E-state index is 12.1. The number of carbonyl (C=O) groups is 2. The average Bonchev–Trinajstić information content (AvgIpc) is 3.13. The van der Waals surface area contributed by atoms with Gasteiger partial charge in [0.25, 0.3) is 0 Å². The molecule has 7 heteroatoms. The number of hydrogen-bond acceptors (Lipinski definition) is 4. The van der Waals surface area contributed by atoms with Gasteiger partial charge in [-0.15, -0.1) is 0 Å². The van der Waals surface area contributed by atoms with Crippen molar-refractivity contribution in [3.05, 3.63) is 36.3 Å². The topological polar surface area (TPSA) is 95.1 Å². The largest absolute Gasteiger partial charge is 0.481 e. The molecular weight excluding hydrogens is 310 g/mol. The van der Waals surface area contributed by atoms with E-state index in [9.17, 15) is 14.7 Å². The molecule has 1 saturated heterocycles. The zero-order valence-corrected chi connectivity index (χ0v) is 13.3. The minimum Gasteiger partial charge on any atom is -0.481 e. The van der Waals surface area contributed by atoms with Gasteiger partial charge in [0.2, 0.25) is 5.91 Å². The van der Waals surface area contributed by atoms with Crippen LogP contribution in [0.15, 0.2) is 30.7 Å². The van der Waals surface area contributed by atoms with Gasteiger partial charge in [0.1, 0.15) is 5.65 Å². The molecule has 0 aliphatic carbocycles. The summed E-state index contributed by atoms with van der Waals surface area (Å²) in [5.74, 6) is -0.978. The maximum Gasteiger partial charge on any atom is 0.303 e. The highest BCUT2D eigenvalue weighted by Gasteiger charge is 2.33. The second kappa shape index (κ2) is 7.00. The van der Waals surface area contributed by atoms with E-state index in [2.05, 4.69) is 4.98 Å². The first kappa shape index (κ1) is 16.4. The smallest absolute Gasteiger partial charge is 0.303 e.